The van der Waals surface area contributed by atoms with Crippen LogP contribution in [0.1, 0.15) is 21.5 Å². The summed E-state index contributed by atoms with van der Waals surface area (Å²) in [6, 6.07) is 19.5. The van der Waals surface area contributed by atoms with E-state index in [1.807, 2.05) is 24.3 Å². The van der Waals surface area contributed by atoms with Crippen LogP contribution in [0.5, 0.6) is 11.5 Å². The lowest BCUT2D eigenvalue weighted by molar-refractivity contribution is 0.0955. The third-order valence-electron chi connectivity index (χ3n) is 4.00. The summed E-state index contributed by atoms with van der Waals surface area (Å²) >= 11 is 12.0. The molecule has 0 bridgehead atoms. The number of nitrogens with one attached hydrogen (secondary N) is 1. The molecule has 0 saturated carbocycles. The maximum Gasteiger partial charge on any atom is 0.271 e. The number of carbonyl (C=O) groups is 1. The van der Waals surface area contributed by atoms with E-state index in [2.05, 4.69) is 10.5 Å². The molecule has 0 spiro atoms. The van der Waals surface area contributed by atoms with Gasteiger partial charge in [0.2, 0.25) is 0 Å². The number of benzene rings is 3. The van der Waals surface area contributed by atoms with Gasteiger partial charge in [0.05, 0.1) is 23.4 Å². The zero-order valence-corrected chi connectivity index (χ0v) is 17.1. The van der Waals surface area contributed by atoms with E-state index in [4.69, 9.17) is 32.7 Å². The number of amides is 1. The quantitative estimate of drug-likeness (QED) is 0.407. The SMILES string of the molecule is COc1cccc(/C=N\NC(=O)c2ccccc2)c1OCc1ccc(Cl)c(Cl)c1. The molecule has 3 aromatic carbocycles. The summed E-state index contributed by atoms with van der Waals surface area (Å²) in [6.45, 7) is 0.258. The minimum absolute atomic E-state index is 0.258. The second-order valence-electron chi connectivity index (χ2n) is 5.98. The summed E-state index contributed by atoms with van der Waals surface area (Å²) in [6.07, 6.45) is 1.51. The summed E-state index contributed by atoms with van der Waals surface area (Å²) in [5, 5.41) is 4.97. The Bertz CT molecular complexity index is 1020. The number of rotatable bonds is 7. The van der Waals surface area contributed by atoms with Gasteiger partial charge in [-0.25, -0.2) is 5.43 Å². The molecule has 0 saturated heterocycles. The molecule has 0 aliphatic rings. The smallest absolute Gasteiger partial charge is 0.271 e. The van der Waals surface area contributed by atoms with Crippen molar-refractivity contribution in [3.8, 4) is 11.5 Å². The number of hydrogen-bond donors (Lipinski definition) is 1. The highest BCUT2D eigenvalue weighted by Gasteiger charge is 2.11. The Labute approximate surface area is 178 Å². The summed E-state index contributed by atoms with van der Waals surface area (Å²) in [7, 11) is 1.56. The molecule has 0 aromatic heterocycles. The maximum atomic E-state index is 12.1. The largest absolute Gasteiger partial charge is 0.493 e. The molecule has 148 valence electrons. The van der Waals surface area contributed by atoms with E-state index in [1.165, 1.54) is 6.21 Å². The van der Waals surface area contributed by atoms with Gasteiger partial charge in [-0.3, -0.25) is 4.79 Å². The highest BCUT2D eigenvalue weighted by atomic mass is 35.5. The third kappa shape index (κ3) is 5.50. The first-order valence-electron chi connectivity index (χ1n) is 8.70. The van der Waals surface area contributed by atoms with Crippen molar-refractivity contribution in [2.45, 2.75) is 6.61 Å². The first-order chi connectivity index (χ1) is 14.1. The summed E-state index contributed by atoms with van der Waals surface area (Å²) in [4.78, 5) is 12.1. The van der Waals surface area contributed by atoms with E-state index < -0.39 is 0 Å². The Morgan fingerprint density at radius 2 is 1.83 bits per heavy atom. The molecule has 5 nitrogen and oxygen atoms in total. The highest BCUT2D eigenvalue weighted by Crippen LogP contribution is 2.31. The molecule has 0 aliphatic heterocycles. The monoisotopic (exact) mass is 428 g/mol. The standard InChI is InChI=1S/C22H18Cl2N2O3/c1-28-20-9-5-8-17(13-25-26-22(27)16-6-3-2-4-7-16)21(20)29-14-15-10-11-18(23)19(24)12-15/h2-13H,14H2,1H3,(H,26,27)/b25-13-. The van der Waals surface area contributed by atoms with Crippen molar-refractivity contribution < 1.29 is 14.3 Å². The van der Waals surface area contributed by atoms with Crippen molar-refractivity contribution in [3.63, 3.8) is 0 Å². The van der Waals surface area contributed by atoms with Gasteiger partial charge in [-0.1, -0.05) is 53.5 Å². The second kappa shape index (κ2) is 9.96. The van der Waals surface area contributed by atoms with Crippen LogP contribution in [0.25, 0.3) is 0 Å². The average molecular weight is 429 g/mol. The second-order valence-corrected chi connectivity index (χ2v) is 6.80. The van der Waals surface area contributed by atoms with Crippen LogP contribution in [0, 0.1) is 0 Å². The molecule has 1 amide bonds. The fourth-order valence-corrected chi connectivity index (χ4v) is 2.87. The fourth-order valence-electron chi connectivity index (χ4n) is 2.55. The molecule has 0 radical (unpaired) electrons. The highest BCUT2D eigenvalue weighted by molar-refractivity contribution is 6.42. The van der Waals surface area contributed by atoms with Crippen molar-refractivity contribution in [3.05, 3.63) is 93.5 Å². The van der Waals surface area contributed by atoms with Crippen LogP contribution in [0.3, 0.4) is 0 Å². The summed E-state index contributed by atoms with van der Waals surface area (Å²) in [5.41, 5.74) is 4.52. The zero-order chi connectivity index (χ0) is 20.6. The van der Waals surface area contributed by atoms with Gasteiger partial charge in [-0.15, -0.1) is 0 Å². The Hall–Kier alpha value is -3.02. The predicted molar refractivity (Wildman–Crippen MR) is 115 cm³/mol. The predicted octanol–water partition coefficient (Wildman–Crippen LogP) is 5.34. The zero-order valence-electron chi connectivity index (χ0n) is 15.6. The van der Waals surface area contributed by atoms with E-state index in [0.29, 0.717) is 32.7 Å². The topological polar surface area (TPSA) is 59.9 Å². The fraction of sp³-hybridized carbons (Fsp3) is 0.0909. The van der Waals surface area contributed by atoms with Crippen molar-refractivity contribution in [2.75, 3.05) is 7.11 Å². The lowest BCUT2D eigenvalue weighted by Crippen LogP contribution is -2.17. The Balaban J connectivity index is 1.75. The molecule has 1 N–H and O–H groups in total. The molecule has 0 atom stereocenters. The number of carbonyl (C=O) groups excluding carboxylic acids is 1. The van der Waals surface area contributed by atoms with Crippen molar-refractivity contribution in [1.29, 1.82) is 0 Å². The molecule has 0 aliphatic carbocycles. The minimum atomic E-state index is -0.303. The Kier molecular flexibility index (Phi) is 7.11. The molecular weight excluding hydrogens is 411 g/mol. The van der Waals surface area contributed by atoms with Crippen LogP contribution in [0.2, 0.25) is 10.0 Å². The van der Waals surface area contributed by atoms with Gasteiger partial charge in [0.1, 0.15) is 6.61 Å². The van der Waals surface area contributed by atoms with Gasteiger partial charge >= 0.3 is 0 Å². The molecule has 0 fully saturated rings. The molecule has 29 heavy (non-hydrogen) atoms. The van der Waals surface area contributed by atoms with Crippen molar-refractivity contribution in [2.24, 2.45) is 5.10 Å². The van der Waals surface area contributed by atoms with E-state index in [-0.39, 0.29) is 12.5 Å². The van der Waals surface area contributed by atoms with Crippen LogP contribution < -0.4 is 14.9 Å². The number of nitrogens with zero attached hydrogens (tertiary/aromatic N) is 1. The number of methoxy groups -OCH3 is 1. The summed E-state index contributed by atoms with van der Waals surface area (Å²) in [5.74, 6) is 0.741. The Morgan fingerprint density at radius 1 is 1.03 bits per heavy atom. The molecular formula is C22H18Cl2N2O3. The van der Waals surface area contributed by atoms with Crippen LogP contribution in [0.4, 0.5) is 0 Å². The third-order valence-corrected chi connectivity index (χ3v) is 4.74. The van der Waals surface area contributed by atoms with Crippen LogP contribution in [-0.2, 0) is 6.61 Å². The normalized spacial score (nSPS) is 10.7. The number of hydrazone groups is 1. The van der Waals surface area contributed by atoms with Crippen LogP contribution in [0.15, 0.2) is 71.8 Å². The van der Waals surface area contributed by atoms with E-state index >= 15 is 0 Å². The number of hydrogen-bond acceptors (Lipinski definition) is 4. The van der Waals surface area contributed by atoms with Crippen LogP contribution in [-0.4, -0.2) is 19.2 Å². The van der Waals surface area contributed by atoms with E-state index in [1.54, 1.807) is 49.6 Å². The number of ether oxygens (including phenoxy) is 2. The lowest BCUT2D eigenvalue weighted by atomic mass is 10.2. The van der Waals surface area contributed by atoms with Gasteiger partial charge in [-0.05, 0) is 42.0 Å². The van der Waals surface area contributed by atoms with Gasteiger partial charge in [0.15, 0.2) is 11.5 Å². The van der Waals surface area contributed by atoms with Gasteiger partial charge < -0.3 is 9.47 Å². The molecule has 0 unspecified atom stereocenters. The van der Waals surface area contributed by atoms with Crippen molar-refractivity contribution >= 4 is 35.3 Å². The first-order valence-corrected chi connectivity index (χ1v) is 9.46. The molecule has 7 heteroatoms. The van der Waals surface area contributed by atoms with Crippen molar-refractivity contribution in [1.82, 2.24) is 5.43 Å². The molecule has 3 rings (SSSR count). The maximum absolute atomic E-state index is 12.1. The minimum Gasteiger partial charge on any atom is -0.493 e. The van der Waals surface area contributed by atoms with Gasteiger partial charge in [-0.2, -0.15) is 5.10 Å². The molecule has 3 aromatic rings. The molecule has 0 heterocycles. The van der Waals surface area contributed by atoms with Gasteiger partial charge in [0, 0.05) is 11.1 Å². The number of para-hydroxylation sites is 1. The first kappa shape index (κ1) is 20.7. The van der Waals surface area contributed by atoms with E-state index in [0.717, 1.165) is 5.56 Å². The van der Waals surface area contributed by atoms with E-state index in [9.17, 15) is 4.79 Å². The van der Waals surface area contributed by atoms with Crippen LogP contribution >= 0.6 is 23.2 Å². The van der Waals surface area contributed by atoms with Gasteiger partial charge in [0.25, 0.3) is 5.91 Å². The average Bonchev–Trinajstić information content (AvgIpc) is 2.75. The Morgan fingerprint density at radius 3 is 2.55 bits per heavy atom. The summed E-state index contributed by atoms with van der Waals surface area (Å²) < 4.78 is 11.3. The number of halogens is 2. The lowest BCUT2D eigenvalue weighted by Gasteiger charge is -2.13.